The van der Waals surface area contributed by atoms with Crippen molar-refractivity contribution >= 4 is 21.9 Å². The Morgan fingerprint density at radius 2 is 2.00 bits per heavy atom. The molecule has 1 atom stereocenters. The molecule has 4 heteroatoms. The lowest BCUT2D eigenvalue weighted by atomic mass is 9.92. The van der Waals surface area contributed by atoms with E-state index in [1.165, 1.54) is 0 Å². The standard InChI is InChI=1S/C12H16BrNO2/c1-12(11(15)16,14(2)3)8-9-6-4-5-7-10(9)13/h4-7H,8H2,1-3H3,(H,15,16). The van der Waals surface area contributed by atoms with Gasteiger partial charge in [0.05, 0.1) is 0 Å². The molecule has 1 rings (SSSR count). The Bertz CT molecular complexity index is 392. The van der Waals surface area contributed by atoms with E-state index in [4.69, 9.17) is 0 Å². The molecule has 0 bridgehead atoms. The highest BCUT2D eigenvalue weighted by atomic mass is 79.9. The minimum absolute atomic E-state index is 0.469. The fourth-order valence-electron chi connectivity index (χ4n) is 1.44. The predicted octanol–water partition coefficient (Wildman–Crippen LogP) is 2.40. The summed E-state index contributed by atoms with van der Waals surface area (Å²) in [6.45, 7) is 1.73. The van der Waals surface area contributed by atoms with Crippen LogP contribution in [0.1, 0.15) is 12.5 Å². The number of hydrogen-bond acceptors (Lipinski definition) is 2. The maximum Gasteiger partial charge on any atom is 0.324 e. The van der Waals surface area contributed by atoms with Crippen LogP contribution in [0.5, 0.6) is 0 Å². The number of carbonyl (C=O) groups is 1. The Morgan fingerprint density at radius 1 is 1.44 bits per heavy atom. The Kier molecular flexibility index (Phi) is 4.10. The molecule has 0 saturated carbocycles. The van der Waals surface area contributed by atoms with Gasteiger partial charge in [0, 0.05) is 10.9 Å². The lowest BCUT2D eigenvalue weighted by Crippen LogP contribution is -2.50. The van der Waals surface area contributed by atoms with E-state index in [-0.39, 0.29) is 0 Å². The van der Waals surface area contributed by atoms with Crippen LogP contribution in [0.2, 0.25) is 0 Å². The third kappa shape index (κ3) is 2.62. The van der Waals surface area contributed by atoms with Crippen molar-refractivity contribution in [1.29, 1.82) is 0 Å². The highest BCUT2D eigenvalue weighted by Gasteiger charge is 2.36. The molecule has 1 N–H and O–H groups in total. The first-order chi connectivity index (χ1) is 7.38. The van der Waals surface area contributed by atoms with Crippen molar-refractivity contribution in [1.82, 2.24) is 4.90 Å². The van der Waals surface area contributed by atoms with Crippen molar-refractivity contribution in [3.05, 3.63) is 34.3 Å². The third-order valence-electron chi connectivity index (χ3n) is 2.94. The summed E-state index contributed by atoms with van der Waals surface area (Å²) in [6, 6.07) is 7.70. The second-order valence-electron chi connectivity index (χ2n) is 4.24. The molecule has 1 aromatic carbocycles. The summed E-state index contributed by atoms with van der Waals surface area (Å²) < 4.78 is 0.948. The molecular weight excluding hydrogens is 270 g/mol. The van der Waals surface area contributed by atoms with E-state index < -0.39 is 11.5 Å². The maximum atomic E-state index is 11.3. The van der Waals surface area contributed by atoms with E-state index in [1.54, 1.807) is 25.9 Å². The molecule has 0 heterocycles. The Balaban J connectivity index is 3.02. The van der Waals surface area contributed by atoms with Gasteiger partial charge < -0.3 is 5.11 Å². The molecule has 1 aromatic rings. The summed E-state index contributed by atoms with van der Waals surface area (Å²) in [5, 5.41) is 9.30. The first-order valence-electron chi connectivity index (χ1n) is 5.02. The Morgan fingerprint density at radius 3 is 2.44 bits per heavy atom. The second kappa shape index (κ2) is 4.97. The first kappa shape index (κ1) is 13.2. The number of hydrogen-bond donors (Lipinski definition) is 1. The van der Waals surface area contributed by atoms with Crippen molar-refractivity contribution in [2.45, 2.75) is 18.9 Å². The zero-order valence-corrected chi connectivity index (χ0v) is 11.3. The largest absolute Gasteiger partial charge is 0.480 e. The lowest BCUT2D eigenvalue weighted by Gasteiger charge is -2.32. The van der Waals surface area contributed by atoms with Gasteiger partial charge in [0.25, 0.3) is 0 Å². The van der Waals surface area contributed by atoms with Crippen LogP contribution in [-0.4, -0.2) is 35.6 Å². The smallest absolute Gasteiger partial charge is 0.324 e. The number of carboxylic acid groups (broad SMARTS) is 1. The predicted molar refractivity (Wildman–Crippen MR) is 67.6 cm³/mol. The summed E-state index contributed by atoms with van der Waals surface area (Å²) in [6.07, 6.45) is 0.469. The van der Waals surface area contributed by atoms with Crippen molar-refractivity contribution in [2.24, 2.45) is 0 Å². The van der Waals surface area contributed by atoms with Gasteiger partial charge in [-0.3, -0.25) is 9.69 Å². The highest BCUT2D eigenvalue weighted by molar-refractivity contribution is 9.10. The van der Waals surface area contributed by atoms with Crippen LogP contribution in [0.3, 0.4) is 0 Å². The molecule has 0 radical (unpaired) electrons. The Hall–Kier alpha value is -0.870. The quantitative estimate of drug-likeness (QED) is 0.924. The van der Waals surface area contributed by atoms with Gasteiger partial charge in [0.15, 0.2) is 0 Å². The van der Waals surface area contributed by atoms with E-state index in [0.29, 0.717) is 6.42 Å². The van der Waals surface area contributed by atoms with Gasteiger partial charge in [-0.1, -0.05) is 34.1 Å². The molecule has 0 aliphatic carbocycles. The molecule has 88 valence electrons. The van der Waals surface area contributed by atoms with E-state index in [0.717, 1.165) is 10.0 Å². The number of carboxylic acids is 1. The monoisotopic (exact) mass is 285 g/mol. The summed E-state index contributed by atoms with van der Waals surface area (Å²) in [4.78, 5) is 13.1. The summed E-state index contributed by atoms with van der Waals surface area (Å²) in [7, 11) is 3.57. The lowest BCUT2D eigenvalue weighted by molar-refractivity contribution is -0.148. The average molecular weight is 286 g/mol. The summed E-state index contributed by atoms with van der Waals surface area (Å²) in [5.41, 5.74) is 0.116. The van der Waals surface area contributed by atoms with Crippen LogP contribution in [0.4, 0.5) is 0 Å². The zero-order valence-electron chi connectivity index (χ0n) is 9.70. The topological polar surface area (TPSA) is 40.5 Å². The Labute approximate surface area is 104 Å². The fraction of sp³-hybridized carbons (Fsp3) is 0.417. The first-order valence-corrected chi connectivity index (χ1v) is 5.81. The highest BCUT2D eigenvalue weighted by Crippen LogP contribution is 2.24. The van der Waals surface area contributed by atoms with Gasteiger partial charge in [-0.25, -0.2) is 0 Å². The maximum absolute atomic E-state index is 11.3. The molecule has 16 heavy (non-hydrogen) atoms. The number of likely N-dealkylation sites (N-methyl/N-ethyl adjacent to an activating group) is 1. The van der Waals surface area contributed by atoms with Gasteiger partial charge in [-0.2, -0.15) is 0 Å². The minimum Gasteiger partial charge on any atom is -0.480 e. The van der Waals surface area contributed by atoms with Crippen LogP contribution in [0, 0.1) is 0 Å². The van der Waals surface area contributed by atoms with Crippen LogP contribution in [0.25, 0.3) is 0 Å². The zero-order chi connectivity index (χ0) is 12.3. The van der Waals surface area contributed by atoms with Gasteiger partial charge in [-0.05, 0) is 32.6 Å². The summed E-state index contributed by atoms with van der Waals surface area (Å²) in [5.74, 6) is -0.812. The second-order valence-corrected chi connectivity index (χ2v) is 5.10. The van der Waals surface area contributed by atoms with Crippen molar-refractivity contribution in [3.63, 3.8) is 0 Å². The normalized spacial score (nSPS) is 14.8. The SMILES string of the molecule is CN(C)C(C)(Cc1ccccc1Br)C(=O)O. The van der Waals surface area contributed by atoms with Gasteiger partial charge in [-0.15, -0.1) is 0 Å². The van der Waals surface area contributed by atoms with E-state index in [9.17, 15) is 9.90 Å². The fourth-order valence-corrected chi connectivity index (χ4v) is 1.86. The van der Waals surface area contributed by atoms with Crippen molar-refractivity contribution in [3.8, 4) is 0 Å². The van der Waals surface area contributed by atoms with Crippen molar-refractivity contribution < 1.29 is 9.90 Å². The van der Waals surface area contributed by atoms with Gasteiger partial charge in [0.1, 0.15) is 5.54 Å². The van der Waals surface area contributed by atoms with Crippen molar-refractivity contribution in [2.75, 3.05) is 14.1 Å². The molecule has 0 aliphatic rings. The molecule has 0 saturated heterocycles. The molecule has 0 spiro atoms. The molecule has 0 fully saturated rings. The molecular formula is C12H16BrNO2. The number of nitrogens with zero attached hydrogens (tertiary/aromatic N) is 1. The number of rotatable bonds is 4. The molecule has 0 amide bonds. The minimum atomic E-state index is -0.885. The van der Waals surface area contributed by atoms with E-state index in [1.807, 2.05) is 24.3 Å². The summed E-state index contributed by atoms with van der Waals surface area (Å²) >= 11 is 3.44. The van der Waals surface area contributed by atoms with Crippen LogP contribution < -0.4 is 0 Å². The molecule has 1 unspecified atom stereocenters. The molecule has 0 aliphatic heterocycles. The van der Waals surface area contributed by atoms with E-state index in [2.05, 4.69) is 15.9 Å². The number of halogens is 1. The van der Waals surface area contributed by atoms with Gasteiger partial charge >= 0.3 is 5.97 Å². The van der Waals surface area contributed by atoms with E-state index >= 15 is 0 Å². The number of aliphatic carboxylic acids is 1. The average Bonchev–Trinajstić information content (AvgIpc) is 2.20. The van der Waals surface area contributed by atoms with Crippen LogP contribution >= 0.6 is 15.9 Å². The molecule has 0 aromatic heterocycles. The molecule has 3 nitrogen and oxygen atoms in total. The number of benzene rings is 1. The van der Waals surface area contributed by atoms with Crippen LogP contribution in [-0.2, 0) is 11.2 Å². The third-order valence-corrected chi connectivity index (χ3v) is 3.71. The van der Waals surface area contributed by atoms with Crippen LogP contribution in [0.15, 0.2) is 28.7 Å². The van der Waals surface area contributed by atoms with Gasteiger partial charge in [0.2, 0.25) is 0 Å².